The van der Waals surface area contributed by atoms with Gasteiger partial charge in [-0.05, 0) is 44.0 Å². The van der Waals surface area contributed by atoms with Crippen molar-refractivity contribution in [1.29, 1.82) is 0 Å². The van der Waals surface area contributed by atoms with Crippen molar-refractivity contribution in [2.45, 2.75) is 45.8 Å². The van der Waals surface area contributed by atoms with E-state index < -0.39 is 0 Å². The van der Waals surface area contributed by atoms with Crippen LogP contribution in [0.2, 0.25) is 0 Å². The summed E-state index contributed by atoms with van der Waals surface area (Å²) in [5.41, 5.74) is 2.17. The number of nitrogens with one attached hydrogen (secondary N) is 1. The fourth-order valence-electron chi connectivity index (χ4n) is 3.18. The number of nitrogens with zero attached hydrogens (tertiary/aromatic N) is 1. The van der Waals surface area contributed by atoms with Crippen molar-refractivity contribution in [3.05, 3.63) is 59.7 Å². The van der Waals surface area contributed by atoms with Crippen LogP contribution in [-0.4, -0.2) is 43.7 Å². The van der Waals surface area contributed by atoms with Gasteiger partial charge < -0.3 is 14.8 Å². The quantitative estimate of drug-likeness (QED) is 0.679. The average Bonchev–Trinajstić information content (AvgIpc) is 2.67. The molecule has 5 nitrogen and oxygen atoms in total. The third kappa shape index (κ3) is 6.57. The summed E-state index contributed by atoms with van der Waals surface area (Å²) >= 11 is 0. The van der Waals surface area contributed by atoms with Gasteiger partial charge in [0.15, 0.2) is 11.5 Å². The molecule has 0 spiro atoms. The first-order chi connectivity index (χ1) is 13.4. The number of hydrogen-bond donors (Lipinski definition) is 1. The molecule has 0 fully saturated rings. The highest BCUT2D eigenvalue weighted by Crippen LogP contribution is 2.27. The van der Waals surface area contributed by atoms with E-state index in [9.17, 15) is 4.79 Å². The van der Waals surface area contributed by atoms with Gasteiger partial charge in [0.05, 0.1) is 20.6 Å². The van der Waals surface area contributed by atoms with Crippen LogP contribution in [0.15, 0.2) is 48.5 Å². The van der Waals surface area contributed by atoms with E-state index in [0.717, 1.165) is 18.7 Å². The molecule has 28 heavy (non-hydrogen) atoms. The van der Waals surface area contributed by atoms with Gasteiger partial charge in [0, 0.05) is 25.2 Å². The summed E-state index contributed by atoms with van der Waals surface area (Å²) in [6.45, 7) is 8.08. The van der Waals surface area contributed by atoms with Crippen LogP contribution >= 0.6 is 0 Å². The topological polar surface area (TPSA) is 50.8 Å². The zero-order chi connectivity index (χ0) is 20.5. The molecule has 0 aliphatic carbocycles. The molecule has 0 heterocycles. The Morgan fingerprint density at radius 2 is 1.64 bits per heavy atom. The molecule has 1 amide bonds. The molecule has 2 aromatic rings. The predicted octanol–water partition coefficient (Wildman–Crippen LogP) is 3.66. The maximum Gasteiger partial charge on any atom is 0.224 e. The van der Waals surface area contributed by atoms with Crippen LogP contribution in [0.25, 0.3) is 0 Å². The minimum absolute atomic E-state index is 0.00290. The number of methoxy groups -OCH3 is 2. The van der Waals surface area contributed by atoms with Gasteiger partial charge in [0.1, 0.15) is 0 Å². The Hall–Kier alpha value is -2.53. The van der Waals surface area contributed by atoms with Crippen LogP contribution in [0, 0.1) is 0 Å². The molecule has 1 N–H and O–H groups in total. The Labute approximate surface area is 168 Å². The van der Waals surface area contributed by atoms with E-state index in [0.29, 0.717) is 24.0 Å². The molecule has 0 radical (unpaired) electrons. The number of benzene rings is 2. The first-order valence-electron chi connectivity index (χ1n) is 9.71. The van der Waals surface area contributed by atoms with Crippen molar-refractivity contribution in [2.75, 3.05) is 20.8 Å². The second-order valence-electron chi connectivity index (χ2n) is 7.34. The van der Waals surface area contributed by atoms with Crippen molar-refractivity contribution in [3.8, 4) is 11.5 Å². The Morgan fingerprint density at radius 3 is 2.25 bits per heavy atom. The summed E-state index contributed by atoms with van der Waals surface area (Å²) in [7, 11) is 3.19. The molecule has 0 aliphatic heterocycles. The number of carbonyl (C=O) groups is 1. The molecule has 152 valence electrons. The van der Waals surface area contributed by atoms with Gasteiger partial charge in [0.2, 0.25) is 5.91 Å². The third-order valence-electron chi connectivity index (χ3n) is 4.69. The number of hydrogen-bond acceptors (Lipinski definition) is 4. The molecule has 5 heteroatoms. The number of amides is 1. The van der Waals surface area contributed by atoms with Crippen molar-refractivity contribution in [1.82, 2.24) is 10.2 Å². The summed E-state index contributed by atoms with van der Waals surface area (Å²) < 4.78 is 10.6. The fourth-order valence-corrected chi connectivity index (χ4v) is 3.18. The number of rotatable bonds is 10. The first-order valence-corrected chi connectivity index (χ1v) is 9.71. The largest absolute Gasteiger partial charge is 0.493 e. The maximum atomic E-state index is 12.5. The van der Waals surface area contributed by atoms with Crippen LogP contribution in [0.3, 0.4) is 0 Å². The highest BCUT2D eigenvalue weighted by molar-refractivity contribution is 5.79. The lowest BCUT2D eigenvalue weighted by atomic mass is 10.1. The monoisotopic (exact) mass is 384 g/mol. The third-order valence-corrected chi connectivity index (χ3v) is 4.69. The zero-order valence-electron chi connectivity index (χ0n) is 17.6. The van der Waals surface area contributed by atoms with Gasteiger partial charge in [-0.2, -0.15) is 0 Å². The lowest BCUT2D eigenvalue weighted by Crippen LogP contribution is -2.44. The van der Waals surface area contributed by atoms with E-state index in [1.54, 1.807) is 14.2 Å². The Balaban J connectivity index is 1.91. The Morgan fingerprint density at radius 1 is 0.964 bits per heavy atom. The van der Waals surface area contributed by atoms with Crippen LogP contribution in [0.5, 0.6) is 11.5 Å². The molecule has 0 aromatic heterocycles. The zero-order valence-corrected chi connectivity index (χ0v) is 17.6. The SMILES string of the molecule is COc1ccc(CC(=O)NC(C)CN(Cc2ccccc2)C(C)C)cc1OC. The second-order valence-corrected chi connectivity index (χ2v) is 7.34. The summed E-state index contributed by atoms with van der Waals surface area (Å²) in [5, 5.41) is 3.11. The van der Waals surface area contributed by atoms with E-state index in [2.05, 4.69) is 48.3 Å². The Bertz CT molecular complexity index is 747. The molecule has 0 saturated heterocycles. The molecule has 2 aromatic carbocycles. The minimum Gasteiger partial charge on any atom is -0.493 e. The average molecular weight is 385 g/mol. The van der Waals surface area contributed by atoms with Gasteiger partial charge in [-0.15, -0.1) is 0 Å². The van der Waals surface area contributed by atoms with Crippen molar-refractivity contribution < 1.29 is 14.3 Å². The maximum absolute atomic E-state index is 12.5. The van der Waals surface area contributed by atoms with Crippen LogP contribution in [0.1, 0.15) is 31.9 Å². The van der Waals surface area contributed by atoms with E-state index in [1.807, 2.05) is 31.2 Å². The summed E-state index contributed by atoms with van der Waals surface area (Å²) in [5.74, 6) is 1.30. The summed E-state index contributed by atoms with van der Waals surface area (Å²) in [6, 6.07) is 16.4. The van der Waals surface area contributed by atoms with Gasteiger partial charge in [0.25, 0.3) is 0 Å². The van der Waals surface area contributed by atoms with E-state index in [-0.39, 0.29) is 11.9 Å². The summed E-state index contributed by atoms with van der Waals surface area (Å²) in [6.07, 6.45) is 0.311. The van der Waals surface area contributed by atoms with Crippen LogP contribution in [-0.2, 0) is 17.8 Å². The summed E-state index contributed by atoms with van der Waals surface area (Å²) in [4.78, 5) is 14.9. The fraction of sp³-hybridized carbons (Fsp3) is 0.435. The molecular weight excluding hydrogens is 352 g/mol. The highest BCUT2D eigenvalue weighted by Gasteiger charge is 2.16. The molecular formula is C23H32N2O3. The van der Waals surface area contributed by atoms with Gasteiger partial charge in [-0.3, -0.25) is 9.69 Å². The standard InChI is InChI=1S/C23H32N2O3/c1-17(2)25(16-19-9-7-6-8-10-19)15-18(3)24-23(26)14-20-11-12-21(27-4)22(13-20)28-5/h6-13,17-18H,14-16H2,1-5H3,(H,24,26). The number of ether oxygens (including phenoxy) is 2. The number of carbonyl (C=O) groups excluding carboxylic acids is 1. The smallest absolute Gasteiger partial charge is 0.224 e. The lowest BCUT2D eigenvalue weighted by molar-refractivity contribution is -0.121. The van der Waals surface area contributed by atoms with Crippen LogP contribution in [0.4, 0.5) is 0 Å². The molecule has 2 rings (SSSR count). The highest BCUT2D eigenvalue weighted by atomic mass is 16.5. The normalized spacial score (nSPS) is 12.1. The lowest BCUT2D eigenvalue weighted by Gasteiger charge is -2.29. The van der Waals surface area contributed by atoms with E-state index >= 15 is 0 Å². The van der Waals surface area contributed by atoms with Gasteiger partial charge in [-0.25, -0.2) is 0 Å². The second kappa shape index (κ2) is 10.7. The molecule has 0 bridgehead atoms. The van der Waals surface area contributed by atoms with E-state index in [1.165, 1.54) is 5.56 Å². The Kier molecular flexibility index (Phi) is 8.33. The molecule has 0 aliphatic rings. The van der Waals surface area contributed by atoms with Crippen molar-refractivity contribution in [2.24, 2.45) is 0 Å². The molecule has 1 unspecified atom stereocenters. The van der Waals surface area contributed by atoms with Crippen LogP contribution < -0.4 is 14.8 Å². The van der Waals surface area contributed by atoms with Crippen molar-refractivity contribution in [3.63, 3.8) is 0 Å². The first kappa shape index (κ1) is 21.8. The van der Waals surface area contributed by atoms with Gasteiger partial charge in [-0.1, -0.05) is 36.4 Å². The van der Waals surface area contributed by atoms with Gasteiger partial charge >= 0.3 is 0 Å². The van der Waals surface area contributed by atoms with E-state index in [4.69, 9.17) is 9.47 Å². The molecule has 0 saturated carbocycles. The van der Waals surface area contributed by atoms with Crippen molar-refractivity contribution >= 4 is 5.91 Å². The predicted molar refractivity (Wildman–Crippen MR) is 113 cm³/mol. The molecule has 1 atom stereocenters. The minimum atomic E-state index is 0.00290.